The van der Waals surface area contributed by atoms with Crippen LogP contribution in [-0.4, -0.2) is 40.2 Å². The van der Waals surface area contributed by atoms with Crippen LogP contribution < -0.4 is 4.74 Å². The molecule has 144 valence electrons. The highest BCUT2D eigenvalue weighted by molar-refractivity contribution is 5.91. The Morgan fingerprint density at radius 1 is 1.42 bits per heavy atom. The first-order chi connectivity index (χ1) is 12.0. The van der Waals surface area contributed by atoms with Gasteiger partial charge in [0.05, 0.1) is 0 Å². The Bertz CT molecular complexity index is 716. The number of hydrogen-bond acceptors (Lipinski definition) is 4. The lowest BCUT2D eigenvalue weighted by Gasteiger charge is -2.32. The number of amides is 1. The summed E-state index contributed by atoms with van der Waals surface area (Å²) < 4.78 is 45.4. The summed E-state index contributed by atoms with van der Waals surface area (Å²) in [5, 5.41) is 13.8. The van der Waals surface area contributed by atoms with Crippen molar-refractivity contribution in [2.45, 2.75) is 58.4 Å². The zero-order valence-corrected chi connectivity index (χ0v) is 15.2. The third-order valence-electron chi connectivity index (χ3n) is 4.28. The fraction of sp³-hybridized carbons (Fsp3) is 0.556. The lowest BCUT2D eigenvalue weighted by Crippen LogP contribution is -2.57. The topological polar surface area (TPSA) is 62.1 Å². The number of aliphatic hydroxyl groups is 1. The Morgan fingerprint density at radius 3 is 2.62 bits per heavy atom. The van der Waals surface area contributed by atoms with Crippen molar-refractivity contribution >= 4 is 11.6 Å². The quantitative estimate of drug-likeness (QED) is 0.856. The van der Waals surface area contributed by atoms with E-state index in [0.717, 1.165) is 11.1 Å². The van der Waals surface area contributed by atoms with Crippen molar-refractivity contribution in [1.29, 1.82) is 0 Å². The Balaban J connectivity index is 2.21. The van der Waals surface area contributed by atoms with Crippen molar-refractivity contribution in [2.24, 2.45) is 5.10 Å². The average Bonchev–Trinajstić information content (AvgIpc) is 2.90. The van der Waals surface area contributed by atoms with E-state index in [1.54, 1.807) is 13.0 Å². The van der Waals surface area contributed by atoms with Crippen LogP contribution in [0.1, 0.15) is 50.7 Å². The minimum Gasteiger partial charge on any atom is -0.483 e. The van der Waals surface area contributed by atoms with Gasteiger partial charge >= 0.3 is 6.18 Å². The van der Waals surface area contributed by atoms with Crippen LogP contribution in [0.3, 0.4) is 0 Å². The number of hydrazone groups is 1. The number of carbonyl (C=O) groups is 1. The van der Waals surface area contributed by atoms with Gasteiger partial charge in [-0.2, -0.15) is 23.3 Å². The smallest absolute Gasteiger partial charge is 0.438 e. The lowest BCUT2D eigenvalue weighted by molar-refractivity contribution is -0.302. The summed E-state index contributed by atoms with van der Waals surface area (Å²) in [5.74, 6) is -0.503. The predicted molar refractivity (Wildman–Crippen MR) is 91.0 cm³/mol. The van der Waals surface area contributed by atoms with E-state index in [0.29, 0.717) is 5.75 Å². The highest BCUT2D eigenvalue weighted by atomic mass is 19.4. The van der Waals surface area contributed by atoms with E-state index < -0.39 is 30.8 Å². The third kappa shape index (κ3) is 3.85. The first-order valence-corrected chi connectivity index (χ1v) is 8.41. The first-order valence-electron chi connectivity index (χ1n) is 8.41. The van der Waals surface area contributed by atoms with Crippen LogP contribution in [0, 0.1) is 6.92 Å². The number of ether oxygens (including phenoxy) is 1. The molecule has 8 heteroatoms. The number of carbonyl (C=O) groups excluding carboxylic acids is 1. The van der Waals surface area contributed by atoms with Gasteiger partial charge in [0.15, 0.2) is 6.61 Å². The van der Waals surface area contributed by atoms with Gasteiger partial charge in [-0.05, 0) is 36.5 Å². The van der Waals surface area contributed by atoms with Crippen LogP contribution in [0.2, 0.25) is 0 Å². The number of aryl methyl sites for hydroxylation is 1. The maximum absolute atomic E-state index is 13.3. The number of hydrogen-bond donors (Lipinski definition) is 1. The molecule has 5 nitrogen and oxygen atoms in total. The minimum atomic E-state index is -5.02. The Hall–Kier alpha value is -2.09. The van der Waals surface area contributed by atoms with E-state index in [2.05, 4.69) is 5.10 Å². The molecule has 1 N–H and O–H groups in total. The molecular formula is C18H23F3N2O3. The standard InChI is InChI=1S/C18H23F3N2O3/c1-5-13-9-17(25,18(19,20)21)23(22-13)16(24)10-26-15-8-12(4)6-7-14(15)11(2)3/h6-8,11,25H,5,9-10H2,1-4H3/t17-/m1/s1. The molecular weight excluding hydrogens is 349 g/mol. The molecule has 1 amide bonds. The van der Waals surface area contributed by atoms with Crippen LogP contribution in [0.15, 0.2) is 23.3 Å². The highest BCUT2D eigenvalue weighted by Gasteiger charge is 2.62. The molecule has 1 aromatic rings. The van der Waals surface area contributed by atoms with Crippen molar-refractivity contribution in [3.8, 4) is 5.75 Å². The summed E-state index contributed by atoms with van der Waals surface area (Å²) >= 11 is 0. The summed E-state index contributed by atoms with van der Waals surface area (Å²) in [6.45, 7) is 6.70. The molecule has 0 aromatic heterocycles. The molecule has 1 atom stereocenters. The molecule has 0 spiro atoms. The predicted octanol–water partition coefficient (Wildman–Crippen LogP) is 3.75. The van der Waals surface area contributed by atoms with Gasteiger partial charge in [0.1, 0.15) is 5.75 Å². The summed E-state index contributed by atoms with van der Waals surface area (Å²) in [6.07, 6.45) is -5.56. The van der Waals surface area contributed by atoms with Gasteiger partial charge in [0, 0.05) is 12.1 Å². The zero-order valence-electron chi connectivity index (χ0n) is 15.2. The molecule has 1 heterocycles. The molecule has 0 fully saturated rings. The molecule has 0 aliphatic carbocycles. The third-order valence-corrected chi connectivity index (χ3v) is 4.28. The normalized spacial score (nSPS) is 20.5. The van der Waals surface area contributed by atoms with Crippen LogP contribution in [0.5, 0.6) is 5.75 Å². The minimum absolute atomic E-state index is 0.108. The SMILES string of the molecule is CCC1=NN(C(=O)COc2cc(C)ccc2C(C)C)[C@](O)(C(F)(F)F)C1. The van der Waals surface area contributed by atoms with Crippen molar-refractivity contribution in [3.05, 3.63) is 29.3 Å². The maximum atomic E-state index is 13.3. The fourth-order valence-electron chi connectivity index (χ4n) is 2.74. The van der Waals surface area contributed by atoms with Crippen LogP contribution in [0.4, 0.5) is 13.2 Å². The second kappa shape index (κ2) is 7.26. The molecule has 0 unspecified atom stereocenters. The van der Waals surface area contributed by atoms with Crippen molar-refractivity contribution in [3.63, 3.8) is 0 Å². The monoisotopic (exact) mass is 372 g/mol. The Morgan fingerprint density at radius 2 is 2.08 bits per heavy atom. The fourth-order valence-corrected chi connectivity index (χ4v) is 2.74. The molecule has 0 saturated carbocycles. The summed E-state index contributed by atoms with van der Waals surface area (Å²) in [6, 6.07) is 5.48. The van der Waals surface area contributed by atoms with Crippen LogP contribution in [-0.2, 0) is 4.79 Å². The lowest BCUT2D eigenvalue weighted by atomic mass is 10.0. The average molecular weight is 372 g/mol. The van der Waals surface area contributed by atoms with Gasteiger partial charge in [-0.15, -0.1) is 0 Å². The molecule has 2 rings (SSSR count). The Labute approximate surface area is 150 Å². The number of nitrogens with zero attached hydrogens (tertiary/aromatic N) is 2. The van der Waals surface area contributed by atoms with Crippen LogP contribution >= 0.6 is 0 Å². The number of halogens is 3. The first kappa shape index (κ1) is 20.2. The van der Waals surface area contributed by atoms with E-state index in [-0.39, 0.29) is 23.1 Å². The molecule has 0 bridgehead atoms. The van der Waals surface area contributed by atoms with Crippen LogP contribution in [0.25, 0.3) is 0 Å². The van der Waals surface area contributed by atoms with E-state index in [4.69, 9.17) is 4.74 Å². The molecule has 0 saturated heterocycles. The van der Waals surface area contributed by atoms with Gasteiger partial charge in [0.2, 0.25) is 0 Å². The highest BCUT2D eigenvalue weighted by Crippen LogP contribution is 2.40. The van der Waals surface area contributed by atoms with E-state index >= 15 is 0 Å². The largest absolute Gasteiger partial charge is 0.483 e. The van der Waals surface area contributed by atoms with Gasteiger partial charge < -0.3 is 9.84 Å². The van der Waals surface area contributed by atoms with E-state index in [9.17, 15) is 23.1 Å². The summed E-state index contributed by atoms with van der Waals surface area (Å²) in [7, 11) is 0. The number of rotatable bonds is 5. The zero-order chi connectivity index (χ0) is 19.7. The summed E-state index contributed by atoms with van der Waals surface area (Å²) in [5.41, 5.74) is -1.48. The van der Waals surface area contributed by atoms with Gasteiger partial charge in [-0.25, -0.2) is 0 Å². The summed E-state index contributed by atoms with van der Waals surface area (Å²) in [4.78, 5) is 12.3. The second-order valence-electron chi connectivity index (χ2n) is 6.70. The maximum Gasteiger partial charge on any atom is 0.438 e. The second-order valence-corrected chi connectivity index (χ2v) is 6.70. The van der Waals surface area contributed by atoms with Crippen molar-refractivity contribution in [2.75, 3.05) is 6.61 Å². The Kier molecular flexibility index (Phi) is 5.65. The van der Waals surface area contributed by atoms with Gasteiger partial charge in [0.25, 0.3) is 11.6 Å². The molecule has 1 aromatic carbocycles. The van der Waals surface area contributed by atoms with Gasteiger partial charge in [-0.1, -0.05) is 32.9 Å². The van der Waals surface area contributed by atoms with Crippen molar-refractivity contribution in [1.82, 2.24) is 5.01 Å². The van der Waals surface area contributed by atoms with E-state index in [1.807, 2.05) is 32.9 Å². The van der Waals surface area contributed by atoms with E-state index in [1.165, 1.54) is 0 Å². The number of alkyl halides is 3. The molecule has 26 heavy (non-hydrogen) atoms. The van der Waals surface area contributed by atoms with Gasteiger partial charge in [-0.3, -0.25) is 4.79 Å². The number of benzene rings is 1. The molecule has 0 radical (unpaired) electrons. The molecule has 1 aliphatic rings. The van der Waals surface area contributed by atoms with Crippen molar-refractivity contribution < 1.29 is 27.8 Å². The molecule has 1 aliphatic heterocycles.